The largest absolute Gasteiger partial charge is 0.469 e. The molecule has 0 aromatic carbocycles. The van der Waals surface area contributed by atoms with Crippen molar-refractivity contribution in [3.05, 3.63) is 0 Å². The maximum absolute atomic E-state index is 11.9. The van der Waals surface area contributed by atoms with E-state index < -0.39 is 5.41 Å². The van der Waals surface area contributed by atoms with Gasteiger partial charge in [0, 0.05) is 19.6 Å². The quantitative estimate of drug-likeness (QED) is 0.639. The zero-order valence-corrected chi connectivity index (χ0v) is 12.4. The van der Waals surface area contributed by atoms with E-state index in [9.17, 15) is 9.59 Å². The van der Waals surface area contributed by atoms with Crippen LogP contribution < -0.4 is 0 Å². The summed E-state index contributed by atoms with van der Waals surface area (Å²) in [6, 6.07) is 0. The van der Waals surface area contributed by atoms with E-state index in [1.54, 1.807) is 4.90 Å². The number of likely N-dealkylation sites (N-methyl/N-ethyl adjacent to an activating group) is 2. The Morgan fingerprint density at radius 2 is 1.67 bits per heavy atom. The summed E-state index contributed by atoms with van der Waals surface area (Å²) in [7, 11) is 3.22. The summed E-state index contributed by atoms with van der Waals surface area (Å²) in [5, 5.41) is 0. The molecule has 0 spiro atoms. The van der Waals surface area contributed by atoms with Gasteiger partial charge in [-0.2, -0.15) is 0 Å². The summed E-state index contributed by atoms with van der Waals surface area (Å²) in [6.45, 7) is 9.79. The highest BCUT2D eigenvalue weighted by Crippen LogP contribution is 2.18. The van der Waals surface area contributed by atoms with Gasteiger partial charge < -0.3 is 9.64 Å². The van der Waals surface area contributed by atoms with Gasteiger partial charge >= 0.3 is 5.97 Å². The van der Waals surface area contributed by atoms with E-state index in [4.69, 9.17) is 4.74 Å². The molecule has 0 aromatic rings. The summed E-state index contributed by atoms with van der Waals surface area (Å²) >= 11 is 0. The van der Waals surface area contributed by atoms with E-state index in [-0.39, 0.29) is 11.9 Å². The molecule has 1 amide bonds. The fourth-order valence-corrected chi connectivity index (χ4v) is 1.98. The zero-order valence-electron chi connectivity index (χ0n) is 12.4. The SMILES string of the molecule is CCN(CC)C(=O)CN(C)CC(C)(C)C(=O)OC. The highest BCUT2D eigenvalue weighted by atomic mass is 16.5. The minimum absolute atomic E-state index is 0.0863. The highest BCUT2D eigenvalue weighted by molar-refractivity contribution is 5.79. The first-order valence-corrected chi connectivity index (χ1v) is 6.33. The molecule has 0 N–H and O–H groups in total. The molecular weight excluding hydrogens is 232 g/mol. The van der Waals surface area contributed by atoms with Crippen molar-refractivity contribution >= 4 is 11.9 Å². The van der Waals surface area contributed by atoms with Crippen LogP contribution in [0.25, 0.3) is 0 Å². The fourth-order valence-electron chi connectivity index (χ4n) is 1.98. The second-order valence-corrected chi connectivity index (χ2v) is 5.11. The van der Waals surface area contributed by atoms with Crippen LogP contribution >= 0.6 is 0 Å². The Morgan fingerprint density at radius 3 is 2.06 bits per heavy atom. The number of hydrogen-bond donors (Lipinski definition) is 0. The Balaban J connectivity index is 4.38. The molecule has 0 rings (SSSR count). The first kappa shape index (κ1) is 16.9. The van der Waals surface area contributed by atoms with Gasteiger partial charge in [0.1, 0.15) is 0 Å². The summed E-state index contributed by atoms with van der Waals surface area (Å²) in [5.74, 6) is -0.173. The molecule has 0 atom stereocenters. The van der Waals surface area contributed by atoms with Crippen molar-refractivity contribution in [3.63, 3.8) is 0 Å². The minimum atomic E-state index is -0.604. The van der Waals surface area contributed by atoms with Crippen LogP contribution in [-0.4, -0.2) is 62.0 Å². The average Bonchev–Trinajstić information content (AvgIpc) is 2.28. The first-order valence-electron chi connectivity index (χ1n) is 6.33. The van der Waals surface area contributed by atoms with Crippen molar-refractivity contribution in [1.29, 1.82) is 0 Å². The summed E-state index contributed by atoms with van der Waals surface area (Å²) < 4.78 is 4.75. The molecule has 0 saturated carbocycles. The zero-order chi connectivity index (χ0) is 14.3. The molecule has 0 aliphatic carbocycles. The van der Waals surface area contributed by atoms with Crippen LogP contribution in [0.2, 0.25) is 0 Å². The van der Waals surface area contributed by atoms with Gasteiger partial charge in [0.2, 0.25) is 5.91 Å². The number of amides is 1. The number of esters is 1. The van der Waals surface area contributed by atoms with Crippen molar-refractivity contribution in [1.82, 2.24) is 9.80 Å². The van der Waals surface area contributed by atoms with E-state index in [1.807, 2.05) is 39.6 Å². The maximum atomic E-state index is 11.9. The predicted molar refractivity (Wildman–Crippen MR) is 71.2 cm³/mol. The lowest BCUT2D eigenvalue weighted by Crippen LogP contribution is -2.44. The van der Waals surface area contributed by atoms with Crippen LogP contribution in [-0.2, 0) is 14.3 Å². The smallest absolute Gasteiger partial charge is 0.312 e. The normalized spacial score (nSPS) is 11.5. The number of carbonyl (C=O) groups excluding carboxylic acids is 2. The van der Waals surface area contributed by atoms with E-state index in [0.717, 1.165) is 0 Å². The Kier molecular flexibility index (Phi) is 6.91. The van der Waals surface area contributed by atoms with Crippen molar-refractivity contribution in [2.24, 2.45) is 5.41 Å². The van der Waals surface area contributed by atoms with E-state index in [0.29, 0.717) is 26.2 Å². The van der Waals surface area contributed by atoms with E-state index in [2.05, 4.69) is 0 Å². The Labute approximate surface area is 110 Å². The summed E-state index contributed by atoms with van der Waals surface area (Å²) in [6.07, 6.45) is 0. The Hall–Kier alpha value is -1.10. The van der Waals surface area contributed by atoms with Gasteiger partial charge in [0.15, 0.2) is 0 Å². The lowest BCUT2D eigenvalue weighted by atomic mass is 9.93. The first-order chi connectivity index (χ1) is 8.28. The van der Waals surface area contributed by atoms with Crippen LogP contribution in [0.3, 0.4) is 0 Å². The second-order valence-electron chi connectivity index (χ2n) is 5.11. The number of carbonyl (C=O) groups is 2. The molecule has 0 bridgehead atoms. The van der Waals surface area contributed by atoms with Crippen LogP contribution in [0, 0.1) is 5.41 Å². The van der Waals surface area contributed by atoms with Gasteiger partial charge in [-0.25, -0.2) is 0 Å². The Morgan fingerprint density at radius 1 is 1.17 bits per heavy atom. The van der Waals surface area contributed by atoms with Gasteiger partial charge in [-0.15, -0.1) is 0 Å². The molecule has 0 radical (unpaired) electrons. The molecule has 0 heterocycles. The molecule has 0 aromatic heterocycles. The number of methoxy groups -OCH3 is 1. The molecule has 0 fully saturated rings. The van der Waals surface area contributed by atoms with Crippen molar-refractivity contribution < 1.29 is 14.3 Å². The van der Waals surface area contributed by atoms with Crippen LogP contribution in [0.4, 0.5) is 0 Å². The minimum Gasteiger partial charge on any atom is -0.469 e. The number of hydrogen-bond acceptors (Lipinski definition) is 4. The Bertz CT molecular complexity index is 286. The predicted octanol–water partition coefficient (Wildman–Crippen LogP) is 0.986. The monoisotopic (exact) mass is 258 g/mol. The molecule has 5 nitrogen and oxygen atoms in total. The number of nitrogens with zero attached hydrogens (tertiary/aromatic N) is 2. The molecule has 106 valence electrons. The molecule has 18 heavy (non-hydrogen) atoms. The molecule has 0 aliphatic heterocycles. The van der Waals surface area contributed by atoms with Crippen LogP contribution in [0.15, 0.2) is 0 Å². The van der Waals surface area contributed by atoms with Crippen molar-refractivity contribution in [3.8, 4) is 0 Å². The third kappa shape index (κ3) is 5.04. The van der Waals surface area contributed by atoms with Crippen molar-refractivity contribution in [2.75, 3.05) is 40.3 Å². The highest BCUT2D eigenvalue weighted by Gasteiger charge is 2.30. The lowest BCUT2D eigenvalue weighted by molar-refractivity contribution is -0.152. The van der Waals surface area contributed by atoms with Crippen molar-refractivity contribution in [2.45, 2.75) is 27.7 Å². The van der Waals surface area contributed by atoms with Gasteiger partial charge in [0.25, 0.3) is 0 Å². The molecule has 0 aliphatic rings. The topological polar surface area (TPSA) is 49.9 Å². The molecule has 0 unspecified atom stereocenters. The second kappa shape index (κ2) is 7.36. The molecule has 5 heteroatoms. The summed E-state index contributed by atoms with van der Waals surface area (Å²) in [5.41, 5.74) is -0.604. The van der Waals surface area contributed by atoms with E-state index >= 15 is 0 Å². The van der Waals surface area contributed by atoms with Crippen LogP contribution in [0.1, 0.15) is 27.7 Å². The fraction of sp³-hybridized carbons (Fsp3) is 0.846. The number of rotatable bonds is 7. The lowest BCUT2D eigenvalue weighted by Gasteiger charge is -2.29. The number of ether oxygens (including phenoxy) is 1. The summed E-state index contributed by atoms with van der Waals surface area (Å²) in [4.78, 5) is 27.1. The third-order valence-corrected chi connectivity index (χ3v) is 2.92. The maximum Gasteiger partial charge on any atom is 0.312 e. The van der Waals surface area contributed by atoms with Crippen LogP contribution in [0.5, 0.6) is 0 Å². The van der Waals surface area contributed by atoms with Gasteiger partial charge in [0.05, 0.1) is 19.1 Å². The molecule has 0 saturated heterocycles. The van der Waals surface area contributed by atoms with E-state index in [1.165, 1.54) is 7.11 Å². The standard InChI is InChI=1S/C13H26N2O3/c1-7-15(8-2)11(16)9-14(5)10-13(3,4)12(17)18-6/h7-10H2,1-6H3. The van der Waals surface area contributed by atoms with Gasteiger partial charge in [-0.3, -0.25) is 14.5 Å². The van der Waals surface area contributed by atoms with Gasteiger partial charge in [-0.05, 0) is 34.7 Å². The third-order valence-electron chi connectivity index (χ3n) is 2.92. The van der Waals surface area contributed by atoms with Gasteiger partial charge in [-0.1, -0.05) is 0 Å². The molecular formula is C13H26N2O3. The average molecular weight is 258 g/mol.